The molecule has 0 aliphatic heterocycles. The fourth-order valence-electron chi connectivity index (χ4n) is 1.67. The highest BCUT2D eigenvalue weighted by Gasteiger charge is 2.20. The van der Waals surface area contributed by atoms with E-state index in [-0.39, 0.29) is 18.4 Å². The van der Waals surface area contributed by atoms with E-state index in [1.54, 1.807) is 13.0 Å². The molecule has 0 saturated carbocycles. The highest BCUT2D eigenvalue weighted by Crippen LogP contribution is 2.18. The third kappa shape index (κ3) is 5.17. The Balaban J connectivity index is 2.64. The minimum absolute atomic E-state index is 0.114. The quantitative estimate of drug-likeness (QED) is 0.744. The van der Waals surface area contributed by atoms with E-state index in [0.29, 0.717) is 18.9 Å². The summed E-state index contributed by atoms with van der Waals surface area (Å²) >= 11 is 0. The van der Waals surface area contributed by atoms with E-state index in [9.17, 15) is 9.18 Å². The van der Waals surface area contributed by atoms with Crippen molar-refractivity contribution in [2.45, 2.75) is 33.2 Å². The first-order valence-corrected chi connectivity index (χ1v) is 6.87. The zero-order valence-electron chi connectivity index (χ0n) is 12.2. The SMILES string of the molecule is CCCNC(COc1cc(F)ccc1C)C(=O)OCC. The molecule has 1 atom stereocenters. The second kappa shape index (κ2) is 8.53. The second-order valence-electron chi connectivity index (χ2n) is 4.48. The van der Waals surface area contributed by atoms with Crippen molar-refractivity contribution in [2.24, 2.45) is 0 Å². The summed E-state index contributed by atoms with van der Waals surface area (Å²) in [5.41, 5.74) is 0.824. The Morgan fingerprint density at radius 2 is 2.15 bits per heavy atom. The lowest BCUT2D eigenvalue weighted by atomic mass is 10.2. The maximum Gasteiger partial charge on any atom is 0.326 e. The summed E-state index contributed by atoms with van der Waals surface area (Å²) in [7, 11) is 0. The molecule has 0 saturated heterocycles. The van der Waals surface area contributed by atoms with Crippen molar-refractivity contribution >= 4 is 5.97 Å². The van der Waals surface area contributed by atoms with Crippen LogP contribution in [-0.4, -0.2) is 31.8 Å². The van der Waals surface area contributed by atoms with Gasteiger partial charge in [0.25, 0.3) is 0 Å². The lowest BCUT2D eigenvalue weighted by molar-refractivity contribution is -0.146. The van der Waals surface area contributed by atoms with Crippen LogP contribution in [0.5, 0.6) is 5.75 Å². The Kier molecular flexibility index (Phi) is 7.01. The Morgan fingerprint density at radius 3 is 2.80 bits per heavy atom. The molecule has 1 rings (SSSR count). The predicted octanol–water partition coefficient (Wildman–Crippen LogP) is 2.44. The average Bonchev–Trinajstić information content (AvgIpc) is 2.42. The van der Waals surface area contributed by atoms with Crippen molar-refractivity contribution in [1.29, 1.82) is 0 Å². The molecule has 1 aromatic rings. The van der Waals surface area contributed by atoms with Gasteiger partial charge in [0.15, 0.2) is 0 Å². The summed E-state index contributed by atoms with van der Waals surface area (Å²) in [6.45, 7) is 6.72. The summed E-state index contributed by atoms with van der Waals surface area (Å²) < 4.78 is 23.7. The number of hydrogen-bond donors (Lipinski definition) is 1. The molecule has 112 valence electrons. The number of carbonyl (C=O) groups is 1. The predicted molar refractivity (Wildman–Crippen MR) is 75.3 cm³/mol. The van der Waals surface area contributed by atoms with Crippen molar-refractivity contribution in [1.82, 2.24) is 5.32 Å². The Bertz CT molecular complexity index is 437. The molecule has 0 aromatic heterocycles. The van der Waals surface area contributed by atoms with Crippen LogP contribution in [0.25, 0.3) is 0 Å². The van der Waals surface area contributed by atoms with Gasteiger partial charge in [0.2, 0.25) is 0 Å². The van der Waals surface area contributed by atoms with Crippen molar-refractivity contribution in [3.05, 3.63) is 29.6 Å². The second-order valence-corrected chi connectivity index (χ2v) is 4.48. The number of halogens is 1. The zero-order valence-corrected chi connectivity index (χ0v) is 12.2. The van der Waals surface area contributed by atoms with E-state index in [2.05, 4.69) is 5.32 Å². The van der Waals surface area contributed by atoms with Gasteiger partial charge >= 0.3 is 5.97 Å². The summed E-state index contributed by atoms with van der Waals surface area (Å²) in [4.78, 5) is 11.8. The first kappa shape index (κ1) is 16.4. The van der Waals surface area contributed by atoms with Crippen LogP contribution >= 0.6 is 0 Å². The van der Waals surface area contributed by atoms with Gasteiger partial charge in [0.05, 0.1) is 6.61 Å². The standard InChI is InChI=1S/C15H22FNO3/c1-4-8-17-13(15(18)19-5-2)10-20-14-9-12(16)7-6-11(14)3/h6-7,9,13,17H,4-5,8,10H2,1-3H3. The molecule has 0 radical (unpaired) electrons. The number of aryl methyl sites for hydroxylation is 1. The molecule has 0 fully saturated rings. The summed E-state index contributed by atoms with van der Waals surface area (Å²) in [6, 6.07) is 3.79. The molecule has 0 aliphatic carbocycles. The van der Waals surface area contributed by atoms with Crippen LogP contribution in [0.2, 0.25) is 0 Å². The minimum Gasteiger partial charge on any atom is -0.491 e. The fourth-order valence-corrected chi connectivity index (χ4v) is 1.67. The molecule has 0 aliphatic rings. The number of hydrogen-bond acceptors (Lipinski definition) is 4. The largest absolute Gasteiger partial charge is 0.491 e. The molecule has 0 heterocycles. The summed E-state index contributed by atoms with van der Waals surface area (Å²) in [5, 5.41) is 3.07. The van der Waals surface area contributed by atoms with Crippen molar-refractivity contribution in [2.75, 3.05) is 19.8 Å². The lowest BCUT2D eigenvalue weighted by Gasteiger charge is -2.18. The molecule has 20 heavy (non-hydrogen) atoms. The number of rotatable bonds is 8. The van der Waals surface area contributed by atoms with Gasteiger partial charge < -0.3 is 14.8 Å². The van der Waals surface area contributed by atoms with Gasteiger partial charge in [0.1, 0.15) is 24.2 Å². The third-order valence-corrected chi connectivity index (χ3v) is 2.77. The Hall–Kier alpha value is -1.62. The molecule has 5 heteroatoms. The molecule has 1 aromatic carbocycles. The molecule has 1 N–H and O–H groups in total. The van der Waals surface area contributed by atoms with Crippen LogP contribution in [0.4, 0.5) is 4.39 Å². The number of esters is 1. The van der Waals surface area contributed by atoms with Gasteiger partial charge in [0, 0.05) is 6.07 Å². The minimum atomic E-state index is -0.544. The maximum absolute atomic E-state index is 13.2. The topological polar surface area (TPSA) is 47.6 Å². The molecular formula is C15H22FNO3. The smallest absolute Gasteiger partial charge is 0.326 e. The number of benzene rings is 1. The number of carbonyl (C=O) groups excluding carboxylic acids is 1. The molecule has 4 nitrogen and oxygen atoms in total. The van der Waals surface area contributed by atoms with Gasteiger partial charge in [-0.25, -0.2) is 4.39 Å². The third-order valence-electron chi connectivity index (χ3n) is 2.77. The zero-order chi connectivity index (χ0) is 15.0. The van der Waals surface area contributed by atoms with Crippen LogP contribution in [-0.2, 0) is 9.53 Å². The van der Waals surface area contributed by atoms with E-state index in [1.807, 2.05) is 13.8 Å². The molecule has 0 spiro atoms. The number of nitrogens with one attached hydrogen (secondary N) is 1. The highest BCUT2D eigenvalue weighted by molar-refractivity contribution is 5.76. The van der Waals surface area contributed by atoms with E-state index < -0.39 is 6.04 Å². The van der Waals surface area contributed by atoms with E-state index in [4.69, 9.17) is 9.47 Å². The van der Waals surface area contributed by atoms with Crippen molar-refractivity contribution in [3.8, 4) is 5.75 Å². The van der Waals surface area contributed by atoms with E-state index in [0.717, 1.165) is 12.0 Å². The number of ether oxygens (including phenoxy) is 2. The van der Waals surface area contributed by atoms with Crippen molar-refractivity contribution in [3.63, 3.8) is 0 Å². The van der Waals surface area contributed by atoms with Gasteiger partial charge in [-0.15, -0.1) is 0 Å². The molecule has 0 bridgehead atoms. The Morgan fingerprint density at radius 1 is 1.40 bits per heavy atom. The fraction of sp³-hybridized carbons (Fsp3) is 0.533. The van der Waals surface area contributed by atoms with Crippen LogP contribution in [0.3, 0.4) is 0 Å². The monoisotopic (exact) mass is 283 g/mol. The highest BCUT2D eigenvalue weighted by atomic mass is 19.1. The lowest BCUT2D eigenvalue weighted by Crippen LogP contribution is -2.43. The van der Waals surface area contributed by atoms with Crippen LogP contribution < -0.4 is 10.1 Å². The average molecular weight is 283 g/mol. The first-order valence-electron chi connectivity index (χ1n) is 6.87. The van der Waals surface area contributed by atoms with Crippen LogP contribution in [0.1, 0.15) is 25.8 Å². The molecular weight excluding hydrogens is 261 g/mol. The first-order chi connectivity index (χ1) is 9.58. The summed E-state index contributed by atoms with van der Waals surface area (Å²) in [6.07, 6.45) is 0.898. The van der Waals surface area contributed by atoms with Crippen LogP contribution in [0.15, 0.2) is 18.2 Å². The van der Waals surface area contributed by atoms with Crippen molar-refractivity contribution < 1.29 is 18.7 Å². The summed E-state index contributed by atoms with van der Waals surface area (Å²) in [5.74, 6) is -0.271. The van der Waals surface area contributed by atoms with Gasteiger partial charge in [-0.05, 0) is 38.4 Å². The maximum atomic E-state index is 13.2. The van der Waals surface area contributed by atoms with Gasteiger partial charge in [-0.1, -0.05) is 13.0 Å². The van der Waals surface area contributed by atoms with E-state index in [1.165, 1.54) is 12.1 Å². The van der Waals surface area contributed by atoms with Gasteiger partial charge in [-0.3, -0.25) is 4.79 Å². The van der Waals surface area contributed by atoms with Crippen LogP contribution in [0, 0.1) is 12.7 Å². The van der Waals surface area contributed by atoms with Gasteiger partial charge in [-0.2, -0.15) is 0 Å². The van der Waals surface area contributed by atoms with E-state index >= 15 is 0 Å². The normalized spacial score (nSPS) is 12.0. The molecule has 0 amide bonds. The molecule has 1 unspecified atom stereocenters. The Labute approximate surface area is 119 Å².